The smallest absolute Gasteiger partial charge is 0.171 e. The van der Waals surface area contributed by atoms with Gasteiger partial charge in [-0.15, -0.1) is 0 Å². The zero-order valence-electron chi connectivity index (χ0n) is 9.48. The summed E-state index contributed by atoms with van der Waals surface area (Å²) in [6, 6.07) is 0. The van der Waals surface area contributed by atoms with Crippen LogP contribution in [0.4, 0.5) is 0 Å². The molecule has 0 spiro atoms. The molecular formula is C10H16N2O3. The van der Waals surface area contributed by atoms with Crippen molar-refractivity contribution >= 4 is 5.78 Å². The molecule has 0 saturated heterocycles. The monoisotopic (exact) mass is 212 g/mol. The quantitative estimate of drug-likeness (QED) is 0.538. The van der Waals surface area contributed by atoms with Crippen molar-refractivity contribution in [2.45, 2.75) is 19.6 Å². The summed E-state index contributed by atoms with van der Waals surface area (Å²) in [6.07, 6.45) is 1.43. The molecular weight excluding hydrogens is 196 g/mol. The number of Topliss-reactive ketones (excluding diaryl/α,β-unsaturated/α-hetero) is 1. The van der Waals surface area contributed by atoms with Crippen LogP contribution in [-0.4, -0.2) is 36.1 Å². The average molecular weight is 212 g/mol. The van der Waals surface area contributed by atoms with Crippen LogP contribution in [0, 0.1) is 6.92 Å². The van der Waals surface area contributed by atoms with Crippen molar-refractivity contribution in [1.82, 2.24) is 9.78 Å². The van der Waals surface area contributed by atoms with Gasteiger partial charge in [0.15, 0.2) is 12.1 Å². The Labute approximate surface area is 89.0 Å². The zero-order chi connectivity index (χ0) is 11.4. The largest absolute Gasteiger partial charge is 0.355 e. The molecule has 1 aromatic rings. The van der Waals surface area contributed by atoms with E-state index in [9.17, 15) is 4.79 Å². The van der Waals surface area contributed by atoms with Crippen LogP contribution in [0.25, 0.3) is 0 Å². The topological polar surface area (TPSA) is 53.4 Å². The van der Waals surface area contributed by atoms with E-state index in [-0.39, 0.29) is 12.2 Å². The first-order valence-corrected chi connectivity index (χ1v) is 4.67. The third-order valence-corrected chi connectivity index (χ3v) is 2.19. The second kappa shape index (κ2) is 5.04. The highest BCUT2D eigenvalue weighted by Crippen LogP contribution is 2.11. The van der Waals surface area contributed by atoms with Crippen molar-refractivity contribution in [2.24, 2.45) is 7.05 Å². The highest BCUT2D eigenvalue weighted by molar-refractivity contribution is 5.97. The van der Waals surface area contributed by atoms with E-state index >= 15 is 0 Å². The minimum Gasteiger partial charge on any atom is -0.355 e. The fraction of sp³-hybridized carbons (Fsp3) is 0.600. The van der Waals surface area contributed by atoms with Crippen LogP contribution >= 0.6 is 0 Å². The maximum atomic E-state index is 11.8. The second-order valence-electron chi connectivity index (χ2n) is 3.33. The molecule has 0 radical (unpaired) electrons. The van der Waals surface area contributed by atoms with Gasteiger partial charge in [0.05, 0.1) is 17.7 Å². The number of aromatic nitrogens is 2. The number of aryl methyl sites for hydroxylation is 2. The van der Waals surface area contributed by atoms with Crippen LogP contribution in [0.3, 0.4) is 0 Å². The number of methoxy groups -OCH3 is 2. The van der Waals surface area contributed by atoms with Gasteiger partial charge >= 0.3 is 0 Å². The lowest BCUT2D eigenvalue weighted by Gasteiger charge is -2.11. The Morgan fingerprint density at radius 3 is 2.53 bits per heavy atom. The molecule has 0 N–H and O–H groups in total. The van der Waals surface area contributed by atoms with E-state index in [1.807, 2.05) is 6.92 Å². The fourth-order valence-corrected chi connectivity index (χ4v) is 1.40. The average Bonchev–Trinajstić information content (AvgIpc) is 2.54. The molecule has 15 heavy (non-hydrogen) atoms. The minimum atomic E-state index is -0.489. The first-order chi connectivity index (χ1) is 7.08. The summed E-state index contributed by atoms with van der Waals surface area (Å²) in [4.78, 5) is 11.8. The Morgan fingerprint density at radius 2 is 2.13 bits per heavy atom. The molecule has 1 aromatic heterocycles. The summed E-state index contributed by atoms with van der Waals surface area (Å²) in [5, 5.41) is 4.11. The molecule has 0 fully saturated rings. The summed E-state index contributed by atoms with van der Waals surface area (Å²) in [5.41, 5.74) is 1.35. The molecule has 0 atom stereocenters. The third kappa shape index (κ3) is 2.87. The van der Waals surface area contributed by atoms with Gasteiger partial charge < -0.3 is 9.47 Å². The van der Waals surface area contributed by atoms with E-state index in [2.05, 4.69) is 5.10 Å². The number of nitrogens with zero attached hydrogens (tertiary/aromatic N) is 2. The Bertz CT molecular complexity index is 342. The molecule has 1 rings (SSSR count). The number of carbonyl (C=O) groups excluding carboxylic acids is 1. The maximum Gasteiger partial charge on any atom is 0.171 e. The standard InChI is InChI=1S/C10H16N2O3/c1-7-8(6-12(2)11-7)9(13)5-10(14-3)15-4/h6,10H,5H2,1-4H3. The van der Waals surface area contributed by atoms with Crippen molar-refractivity contribution in [1.29, 1.82) is 0 Å². The van der Waals surface area contributed by atoms with Gasteiger partial charge in [-0.1, -0.05) is 0 Å². The predicted octanol–water partition coefficient (Wildman–Crippen LogP) is 0.920. The molecule has 0 saturated carbocycles. The van der Waals surface area contributed by atoms with Crippen molar-refractivity contribution < 1.29 is 14.3 Å². The van der Waals surface area contributed by atoms with Crippen molar-refractivity contribution in [3.05, 3.63) is 17.5 Å². The molecule has 5 nitrogen and oxygen atoms in total. The van der Waals surface area contributed by atoms with E-state index in [4.69, 9.17) is 9.47 Å². The molecule has 0 unspecified atom stereocenters. The maximum absolute atomic E-state index is 11.8. The zero-order valence-corrected chi connectivity index (χ0v) is 9.48. The highest BCUT2D eigenvalue weighted by atomic mass is 16.7. The number of ketones is 1. The number of rotatable bonds is 5. The summed E-state index contributed by atoms with van der Waals surface area (Å²) >= 11 is 0. The molecule has 0 amide bonds. The molecule has 0 bridgehead atoms. The third-order valence-electron chi connectivity index (χ3n) is 2.19. The predicted molar refractivity (Wildman–Crippen MR) is 54.7 cm³/mol. The van der Waals surface area contributed by atoms with Crippen LogP contribution in [0.2, 0.25) is 0 Å². The lowest BCUT2D eigenvalue weighted by molar-refractivity contribution is -0.0993. The van der Waals surface area contributed by atoms with Gasteiger partial charge in [0.1, 0.15) is 0 Å². The second-order valence-corrected chi connectivity index (χ2v) is 3.33. The van der Waals surface area contributed by atoms with Gasteiger partial charge in [-0.3, -0.25) is 9.48 Å². The van der Waals surface area contributed by atoms with E-state index in [0.29, 0.717) is 5.56 Å². The Kier molecular flexibility index (Phi) is 3.99. The van der Waals surface area contributed by atoms with Gasteiger partial charge in [0, 0.05) is 27.5 Å². The summed E-state index contributed by atoms with van der Waals surface area (Å²) in [5.74, 6) is -0.0192. The molecule has 0 aromatic carbocycles. The Balaban J connectivity index is 2.72. The van der Waals surface area contributed by atoms with Gasteiger partial charge in [-0.05, 0) is 6.92 Å². The van der Waals surface area contributed by atoms with Crippen molar-refractivity contribution in [3.63, 3.8) is 0 Å². The Morgan fingerprint density at radius 1 is 1.53 bits per heavy atom. The number of hydrogen-bond acceptors (Lipinski definition) is 4. The fourth-order valence-electron chi connectivity index (χ4n) is 1.40. The van der Waals surface area contributed by atoms with Crippen LogP contribution in [-0.2, 0) is 16.5 Å². The lowest BCUT2D eigenvalue weighted by atomic mass is 10.1. The molecule has 84 valence electrons. The molecule has 0 aliphatic carbocycles. The SMILES string of the molecule is COC(CC(=O)c1cn(C)nc1C)OC. The number of carbonyl (C=O) groups is 1. The first kappa shape index (κ1) is 11.9. The molecule has 0 aliphatic heterocycles. The van der Waals surface area contributed by atoms with Crippen molar-refractivity contribution in [2.75, 3.05) is 14.2 Å². The number of hydrogen-bond donors (Lipinski definition) is 0. The van der Waals surface area contributed by atoms with E-state index < -0.39 is 6.29 Å². The molecule has 5 heteroatoms. The summed E-state index contributed by atoms with van der Waals surface area (Å²) in [6.45, 7) is 1.81. The van der Waals surface area contributed by atoms with E-state index in [0.717, 1.165) is 5.69 Å². The van der Waals surface area contributed by atoms with Gasteiger partial charge in [0.2, 0.25) is 0 Å². The van der Waals surface area contributed by atoms with E-state index in [1.165, 1.54) is 14.2 Å². The van der Waals surface area contributed by atoms with Crippen LogP contribution in [0.15, 0.2) is 6.20 Å². The lowest BCUT2D eigenvalue weighted by Crippen LogP contribution is -2.18. The van der Waals surface area contributed by atoms with Crippen molar-refractivity contribution in [3.8, 4) is 0 Å². The normalized spacial score (nSPS) is 11.0. The summed E-state index contributed by atoms with van der Waals surface area (Å²) < 4.78 is 11.6. The Hall–Kier alpha value is -1.20. The van der Waals surface area contributed by atoms with Gasteiger partial charge in [-0.25, -0.2) is 0 Å². The number of ether oxygens (including phenoxy) is 2. The minimum absolute atomic E-state index is 0.0192. The first-order valence-electron chi connectivity index (χ1n) is 4.67. The summed E-state index contributed by atoms with van der Waals surface area (Å²) in [7, 11) is 4.81. The van der Waals surface area contributed by atoms with E-state index in [1.54, 1.807) is 17.9 Å². The van der Waals surface area contributed by atoms with Crippen LogP contribution < -0.4 is 0 Å². The van der Waals surface area contributed by atoms with Gasteiger partial charge in [0.25, 0.3) is 0 Å². The molecule has 0 aliphatic rings. The molecule has 1 heterocycles. The van der Waals surface area contributed by atoms with Gasteiger partial charge in [-0.2, -0.15) is 5.10 Å². The highest BCUT2D eigenvalue weighted by Gasteiger charge is 2.17. The van der Waals surface area contributed by atoms with Crippen LogP contribution in [0.1, 0.15) is 22.5 Å². The van der Waals surface area contributed by atoms with Crippen LogP contribution in [0.5, 0.6) is 0 Å².